The number of aromatic nitrogens is 2. The smallest absolute Gasteiger partial charge is 0.327 e. The SMILES string of the molecule is NC(CCC(=O)O)C(=O)NC(Cc1cnc[nH]1)C(=O)NCC(=O)NC(CS)C(=O)O. The number of H-pyrrole nitrogens is 1. The van der Waals surface area contributed by atoms with E-state index in [1.165, 1.54) is 12.5 Å². The maximum atomic E-state index is 12.5. The zero-order valence-electron chi connectivity index (χ0n) is 15.8. The second-order valence-corrected chi connectivity index (χ2v) is 6.60. The first-order chi connectivity index (χ1) is 14.1. The van der Waals surface area contributed by atoms with Crippen molar-refractivity contribution in [2.45, 2.75) is 37.4 Å². The Kier molecular flexibility index (Phi) is 10.3. The number of nitrogens with two attached hydrogens (primary N) is 1. The van der Waals surface area contributed by atoms with E-state index < -0.39 is 54.3 Å². The lowest BCUT2D eigenvalue weighted by Gasteiger charge is -2.20. The number of hydrogen-bond acceptors (Lipinski definition) is 8. The van der Waals surface area contributed by atoms with Crippen molar-refractivity contribution in [3.05, 3.63) is 18.2 Å². The van der Waals surface area contributed by atoms with Crippen LogP contribution in [0.3, 0.4) is 0 Å². The van der Waals surface area contributed by atoms with Crippen LogP contribution in [-0.4, -0.2) is 80.3 Å². The molecule has 1 heterocycles. The van der Waals surface area contributed by atoms with Crippen LogP contribution in [0.2, 0.25) is 0 Å². The van der Waals surface area contributed by atoms with Crippen LogP contribution < -0.4 is 21.7 Å². The number of rotatable bonds is 13. The van der Waals surface area contributed by atoms with Gasteiger partial charge in [-0.25, -0.2) is 9.78 Å². The number of thiol groups is 1. The van der Waals surface area contributed by atoms with Gasteiger partial charge in [0.25, 0.3) is 0 Å². The van der Waals surface area contributed by atoms with Crippen LogP contribution in [0, 0.1) is 0 Å². The van der Waals surface area contributed by atoms with Crippen molar-refractivity contribution in [2.24, 2.45) is 5.73 Å². The standard InChI is InChI=1S/C16H24N6O7S/c17-9(1-2-13(24)25)14(26)22-10(3-8-4-18-7-20-8)15(27)19-5-12(23)21-11(6-30)16(28)29/h4,7,9-11,30H,1-3,5-6,17H2,(H,18,20)(H,19,27)(H,21,23)(H,22,26)(H,24,25)(H,28,29). The van der Waals surface area contributed by atoms with Gasteiger partial charge in [0.1, 0.15) is 12.1 Å². The predicted octanol–water partition coefficient (Wildman–Crippen LogP) is -2.76. The Morgan fingerprint density at radius 3 is 2.37 bits per heavy atom. The summed E-state index contributed by atoms with van der Waals surface area (Å²) in [5.41, 5.74) is 6.17. The van der Waals surface area contributed by atoms with Crippen molar-refractivity contribution in [3.8, 4) is 0 Å². The van der Waals surface area contributed by atoms with Gasteiger partial charge in [-0.1, -0.05) is 0 Å². The van der Waals surface area contributed by atoms with Gasteiger partial charge in [-0.2, -0.15) is 12.6 Å². The first-order valence-electron chi connectivity index (χ1n) is 8.79. The third-order valence-electron chi connectivity index (χ3n) is 3.86. The van der Waals surface area contributed by atoms with Gasteiger partial charge < -0.3 is 36.9 Å². The summed E-state index contributed by atoms with van der Waals surface area (Å²) in [6.07, 6.45) is 2.37. The molecule has 0 spiro atoms. The highest BCUT2D eigenvalue weighted by molar-refractivity contribution is 7.80. The summed E-state index contributed by atoms with van der Waals surface area (Å²) >= 11 is 3.82. The maximum Gasteiger partial charge on any atom is 0.327 e. The van der Waals surface area contributed by atoms with E-state index >= 15 is 0 Å². The number of aromatic amines is 1. The number of carbonyl (C=O) groups excluding carboxylic acids is 3. The van der Waals surface area contributed by atoms with E-state index in [0.717, 1.165) is 0 Å². The Morgan fingerprint density at radius 2 is 1.83 bits per heavy atom. The summed E-state index contributed by atoms with van der Waals surface area (Å²) in [6.45, 7) is -0.531. The van der Waals surface area contributed by atoms with Crippen LogP contribution in [0.25, 0.3) is 0 Å². The molecule has 0 saturated carbocycles. The lowest BCUT2D eigenvalue weighted by molar-refractivity contribution is -0.141. The van der Waals surface area contributed by atoms with Crippen molar-refractivity contribution < 1.29 is 34.2 Å². The fraction of sp³-hybridized carbons (Fsp3) is 0.500. The molecule has 1 aromatic heterocycles. The molecule has 8 N–H and O–H groups in total. The number of imidazole rings is 1. The zero-order chi connectivity index (χ0) is 22.7. The minimum atomic E-state index is -1.27. The molecule has 3 unspecified atom stereocenters. The molecule has 3 amide bonds. The fourth-order valence-corrected chi connectivity index (χ4v) is 2.48. The van der Waals surface area contributed by atoms with Crippen LogP contribution >= 0.6 is 12.6 Å². The molecule has 0 fully saturated rings. The van der Waals surface area contributed by atoms with Crippen molar-refractivity contribution >= 4 is 42.3 Å². The second kappa shape index (κ2) is 12.4. The summed E-state index contributed by atoms with van der Waals surface area (Å²) in [4.78, 5) is 64.6. The molecule has 0 aromatic carbocycles. The zero-order valence-corrected chi connectivity index (χ0v) is 16.7. The molecular weight excluding hydrogens is 420 g/mol. The van der Waals surface area contributed by atoms with Crippen molar-refractivity contribution in [1.29, 1.82) is 0 Å². The molecule has 1 aromatic rings. The van der Waals surface area contributed by atoms with Crippen molar-refractivity contribution in [2.75, 3.05) is 12.3 Å². The van der Waals surface area contributed by atoms with Crippen LogP contribution in [0.4, 0.5) is 0 Å². The quantitative estimate of drug-likeness (QED) is 0.148. The summed E-state index contributed by atoms with van der Waals surface area (Å²) in [5, 5.41) is 24.5. The van der Waals surface area contributed by atoms with Gasteiger partial charge in [0.15, 0.2) is 0 Å². The monoisotopic (exact) mass is 444 g/mol. The van der Waals surface area contributed by atoms with E-state index in [-0.39, 0.29) is 25.0 Å². The van der Waals surface area contributed by atoms with E-state index in [0.29, 0.717) is 5.69 Å². The average Bonchev–Trinajstić information content (AvgIpc) is 3.20. The summed E-state index contributed by atoms with van der Waals surface area (Å²) < 4.78 is 0. The lowest BCUT2D eigenvalue weighted by Crippen LogP contribution is -2.54. The van der Waals surface area contributed by atoms with E-state index in [9.17, 15) is 24.0 Å². The fourth-order valence-electron chi connectivity index (χ4n) is 2.24. The molecule has 13 nitrogen and oxygen atoms in total. The van der Waals surface area contributed by atoms with E-state index in [1.54, 1.807) is 0 Å². The van der Waals surface area contributed by atoms with Gasteiger partial charge in [-0.3, -0.25) is 19.2 Å². The molecule has 14 heteroatoms. The molecular formula is C16H24N6O7S. The topological polar surface area (TPSA) is 217 Å². The Hall–Kier alpha value is -3.13. The van der Waals surface area contributed by atoms with Gasteiger partial charge in [0.05, 0.1) is 18.9 Å². The number of amides is 3. The Bertz CT molecular complexity index is 757. The number of nitrogens with zero attached hydrogens (tertiary/aromatic N) is 1. The molecule has 0 bridgehead atoms. The highest BCUT2D eigenvalue weighted by Gasteiger charge is 2.26. The molecule has 0 aliphatic rings. The Labute approximate surface area is 176 Å². The molecule has 166 valence electrons. The van der Waals surface area contributed by atoms with Crippen LogP contribution in [-0.2, 0) is 30.4 Å². The van der Waals surface area contributed by atoms with Crippen LogP contribution in [0.5, 0.6) is 0 Å². The van der Waals surface area contributed by atoms with Gasteiger partial charge in [-0.15, -0.1) is 0 Å². The van der Waals surface area contributed by atoms with Gasteiger partial charge in [-0.05, 0) is 6.42 Å². The first-order valence-corrected chi connectivity index (χ1v) is 9.43. The molecule has 0 saturated heterocycles. The third kappa shape index (κ3) is 8.91. The van der Waals surface area contributed by atoms with Gasteiger partial charge >= 0.3 is 11.9 Å². The highest BCUT2D eigenvalue weighted by Crippen LogP contribution is 2.02. The number of carboxylic acid groups (broad SMARTS) is 2. The molecule has 0 aliphatic carbocycles. The average molecular weight is 444 g/mol. The minimum Gasteiger partial charge on any atom is -0.481 e. The summed E-state index contributed by atoms with van der Waals surface area (Å²) in [7, 11) is 0. The molecule has 1 rings (SSSR count). The predicted molar refractivity (Wildman–Crippen MR) is 105 cm³/mol. The summed E-state index contributed by atoms with van der Waals surface area (Å²) in [6, 6.07) is -3.50. The molecule has 3 atom stereocenters. The normalized spacial score (nSPS) is 13.5. The highest BCUT2D eigenvalue weighted by atomic mass is 32.1. The Morgan fingerprint density at radius 1 is 1.13 bits per heavy atom. The lowest BCUT2D eigenvalue weighted by atomic mass is 10.1. The van der Waals surface area contributed by atoms with Crippen LogP contribution in [0.15, 0.2) is 12.5 Å². The van der Waals surface area contributed by atoms with E-state index in [2.05, 4.69) is 38.5 Å². The molecule has 0 aliphatic heterocycles. The largest absolute Gasteiger partial charge is 0.481 e. The van der Waals surface area contributed by atoms with Crippen molar-refractivity contribution in [3.63, 3.8) is 0 Å². The van der Waals surface area contributed by atoms with E-state index in [1.807, 2.05) is 0 Å². The number of aliphatic carboxylic acids is 2. The maximum absolute atomic E-state index is 12.5. The number of hydrogen-bond donors (Lipinski definition) is 8. The number of carbonyl (C=O) groups is 5. The third-order valence-corrected chi connectivity index (χ3v) is 4.22. The summed E-state index contributed by atoms with van der Waals surface area (Å²) in [5.74, 6) is -4.74. The van der Waals surface area contributed by atoms with Gasteiger partial charge in [0, 0.05) is 30.5 Å². The second-order valence-electron chi connectivity index (χ2n) is 6.24. The first kappa shape index (κ1) is 24.9. The van der Waals surface area contributed by atoms with Crippen molar-refractivity contribution in [1.82, 2.24) is 25.9 Å². The molecule has 30 heavy (non-hydrogen) atoms. The number of carboxylic acids is 2. The minimum absolute atomic E-state index is 0.000760. The van der Waals surface area contributed by atoms with Crippen LogP contribution in [0.1, 0.15) is 18.5 Å². The Balaban J connectivity index is 2.71. The molecule has 0 radical (unpaired) electrons. The van der Waals surface area contributed by atoms with Gasteiger partial charge in [0.2, 0.25) is 17.7 Å². The number of nitrogens with one attached hydrogen (secondary N) is 4. The van der Waals surface area contributed by atoms with E-state index in [4.69, 9.17) is 15.9 Å².